The molecule has 1 unspecified atom stereocenters. The number of hydrogen-bond donors (Lipinski definition) is 2. The summed E-state index contributed by atoms with van der Waals surface area (Å²) < 4.78 is 11.6. The molecule has 2 saturated heterocycles. The van der Waals surface area contributed by atoms with E-state index < -0.39 is 0 Å². The molecule has 2 aliphatic heterocycles. The van der Waals surface area contributed by atoms with Gasteiger partial charge in [0.2, 0.25) is 0 Å². The highest BCUT2D eigenvalue weighted by molar-refractivity contribution is 14.0. The molecule has 0 spiro atoms. The summed E-state index contributed by atoms with van der Waals surface area (Å²) in [7, 11) is 1.83. The zero-order valence-corrected chi connectivity index (χ0v) is 22.0. The van der Waals surface area contributed by atoms with Gasteiger partial charge in [0.1, 0.15) is 5.75 Å². The number of ether oxygens (including phenoxy) is 2. The molecule has 2 N–H and O–H groups in total. The van der Waals surface area contributed by atoms with E-state index in [9.17, 15) is 0 Å². The van der Waals surface area contributed by atoms with Crippen molar-refractivity contribution in [1.29, 1.82) is 0 Å². The average Bonchev–Trinajstić information content (AvgIpc) is 3.27. The Kier molecular flexibility index (Phi) is 10.9. The van der Waals surface area contributed by atoms with Gasteiger partial charge >= 0.3 is 0 Å². The molecule has 0 aromatic heterocycles. The lowest BCUT2D eigenvalue weighted by Gasteiger charge is -2.41. The molecule has 0 aliphatic carbocycles. The van der Waals surface area contributed by atoms with Crippen molar-refractivity contribution < 1.29 is 9.47 Å². The molecule has 1 atom stereocenters. The summed E-state index contributed by atoms with van der Waals surface area (Å²) in [6.07, 6.45) is 5.06. The van der Waals surface area contributed by atoms with Crippen LogP contribution in [-0.2, 0) is 11.3 Å². The van der Waals surface area contributed by atoms with Crippen LogP contribution in [0.2, 0.25) is 0 Å². The standard InChI is InChI=1S/C24H40N4O2.HI/c1-19-8-9-21(22(14-19)30-17-20-10-13-29-16-20)15-26-23(25-4)27-18-24(2,3)28-11-6-5-7-12-28;/h8-9,14,20H,5-7,10-13,15-18H2,1-4H3,(H2,25,26,27);1H. The number of guanidine groups is 1. The van der Waals surface area contributed by atoms with Crippen LogP contribution in [0.25, 0.3) is 0 Å². The van der Waals surface area contributed by atoms with E-state index in [1.54, 1.807) is 0 Å². The normalized spacial score (nSPS) is 20.3. The first-order valence-corrected chi connectivity index (χ1v) is 11.5. The predicted molar refractivity (Wildman–Crippen MR) is 139 cm³/mol. The molecule has 3 rings (SSSR count). The third-order valence-corrected chi connectivity index (χ3v) is 6.29. The van der Waals surface area contributed by atoms with Gasteiger partial charge in [-0.25, -0.2) is 0 Å². The number of benzene rings is 1. The van der Waals surface area contributed by atoms with Crippen LogP contribution < -0.4 is 15.4 Å². The number of piperidine rings is 1. The van der Waals surface area contributed by atoms with Crippen LogP contribution in [0.3, 0.4) is 0 Å². The van der Waals surface area contributed by atoms with Gasteiger partial charge in [-0.2, -0.15) is 0 Å². The molecule has 1 aromatic carbocycles. The number of aliphatic imine (C=N–C) groups is 1. The summed E-state index contributed by atoms with van der Waals surface area (Å²) in [6.45, 7) is 13.0. The van der Waals surface area contributed by atoms with Crippen LogP contribution in [0.15, 0.2) is 23.2 Å². The fraction of sp³-hybridized carbons (Fsp3) is 0.708. The van der Waals surface area contributed by atoms with E-state index in [0.717, 1.165) is 43.5 Å². The molecule has 0 radical (unpaired) electrons. The Balaban J connectivity index is 0.00000341. The number of halogens is 1. The fourth-order valence-corrected chi connectivity index (χ4v) is 4.18. The molecule has 6 nitrogen and oxygen atoms in total. The van der Waals surface area contributed by atoms with Crippen molar-refractivity contribution in [1.82, 2.24) is 15.5 Å². The van der Waals surface area contributed by atoms with Gasteiger partial charge in [-0.15, -0.1) is 24.0 Å². The largest absolute Gasteiger partial charge is 0.493 e. The van der Waals surface area contributed by atoms with Crippen molar-refractivity contribution in [3.05, 3.63) is 29.3 Å². The second-order valence-corrected chi connectivity index (χ2v) is 9.29. The van der Waals surface area contributed by atoms with E-state index in [1.165, 1.54) is 37.9 Å². The molecular weight excluding hydrogens is 503 g/mol. The lowest BCUT2D eigenvalue weighted by atomic mass is 9.98. The monoisotopic (exact) mass is 544 g/mol. The number of rotatable bonds is 8. The topological polar surface area (TPSA) is 58.1 Å². The van der Waals surface area contributed by atoms with Crippen LogP contribution in [0.1, 0.15) is 50.7 Å². The quantitative estimate of drug-likeness (QED) is 0.295. The number of hydrogen-bond acceptors (Lipinski definition) is 4. The minimum atomic E-state index is 0. The lowest BCUT2D eigenvalue weighted by Crippen LogP contribution is -2.54. The maximum Gasteiger partial charge on any atom is 0.191 e. The van der Waals surface area contributed by atoms with E-state index in [0.29, 0.717) is 19.1 Å². The van der Waals surface area contributed by atoms with Crippen molar-refractivity contribution in [2.24, 2.45) is 10.9 Å². The molecular formula is C24H41IN4O2. The molecule has 31 heavy (non-hydrogen) atoms. The smallest absolute Gasteiger partial charge is 0.191 e. The minimum Gasteiger partial charge on any atom is -0.493 e. The highest BCUT2D eigenvalue weighted by atomic mass is 127. The first-order chi connectivity index (χ1) is 14.5. The Morgan fingerprint density at radius 1 is 1.23 bits per heavy atom. The number of nitrogens with one attached hydrogen (secondary N) is 2. The van der Waals surface area contributed by atoms with Gasteiger partial charge in [-0.05, 0) is 64.8 Å². The second kappa shape index (κ2) is 12.8. The van der Waals surface area contributed by atoms with E-state index in [2.05, 4.69) is 59.5 Å². The van der Waals surface area contributed by atoms with Crippen LogP contribution in [0, 0.1) is 12.8 Å². The SMILES string of the molecule is CN=C(NCc1ccc(C)cc1OCC1CCOC1)NCC(C)(C)N1CCCCC1.I. The van der Waals surface area contributed by atoms with Gasteiger partial charge in [-0.1, -0.05) is 18.6 Å². The number of aryl methyl sites for hydroxylation is 1. The Hall–Kier alpha value is -1.06. The van der Waals surface area contributed by atoms with Crippen molar-refractivity contribution in [3.8, 4) is 5.75 Å². The molecule has 2 heterocycles. The lowest BCUT2D eigenvalue weighted by molar-refractivity contribution is 0.0982. The third kappa shape index (κ3) is 8.09. The number of nitrogens with zero attached hydrogens (tertiary/aromatic N) is 2. The summed E-state index contributed by atoms with van der Waals surface area (Å²) >= 11 is 0. The van der Waals surface area contributed by atoms with E-state index >= 15 is 0 Å². The molecule has 0 amide bonds. The molecule has 176 valence electrons. The average molecular weight is 545 g/mol. The van der Waals surface area contributed by atoms with Crippen molar-refractivity contribution in [3.63, 3.8) is 0 Å². The molecule has 0 saturated carbocycles. The first kappa shape index (κ1) is 26.2. The minimum absolute atomic E-state index is 0. The Labute approximate surface area is 205 Å². The highest BCUT2D eigenvalue weighted by Crippen LogP contribution is 2.23. The van der Waals surface area contributed by atoms with Gasteiger partial charge < -0.3 is 20.1 Å². The van der Waals surface area contributed by atoms with Crippen molar-refractivity contribution in [2.45, 2.75) is 58.5 Å². The maximum atomic E-state index is 6.17. The number of likely N-dealkylation sites (tertiary alicyclic amines) is 1. The maximum absolute atomic E-state index is 6.17. The third-order valence-electron chi connectivity index (χ3n) is 6.29. The summed E-state index contributed by atoms with van der Waals surface area (Å²) in [6, 6.07) is 6.41. The molecule has 1 aromatic rings. The summed E-state index contributed by atoms with van der Waals surface area (Å²) in [5.41, 5.74) is 2.47. The predicted octanol–water partition coefficient (Wildman–Crippen LogP) is 3.96. The fourth-order valence-electron chi connectivity index (χ4n) is 4.18. The highest BCUT2D eigenvalue weighted by Gasteiger charge is 2.28. The molecule has 0 bridgehead atoms. The van der Waals surface area contributed by atoms with Gasteiger partial charge in [0.15, 0.2) is 5.96 Å². The second-order valence-electron chi connectivity index (χ2n) is 9.29. The zero-order valence-electron chi connectivity index (χ0n) is 19.7. The molecule has 2 fully saturated rings. The Morgan fingerprint density at radius 2 is 2.00 bits per heavy atom. The van der Waals surface area contributed by atoms with Gasteiger partial charge in [0, 0.05) is 43.8 Å². The van der Waals surface area contributed by atoms with Crippen molar-refractivity contribution >= 4 is 29.9 Å². The molecule has 7 heteroatoms. The summed E-state index contributed by atoms with van der Waals surface area (Å²) in [4.78, 5) is 7.02. The van der Waals surface area contributed by atoms with E-state index in [4.69, 9.17) is 9.47 Å². The van der Waals surface area contributed by atoms with Gasteiger partial charge in [0.25, 0.3) is 0 Å². The van der Waals surface area contributed by atoms with Crippen molar-refractivity contribution in [2.75, 3.05) is 46.5 Å². The zero-order chi connectivity index (χ0) is 21.4. The van der Waals surface area contributed by atoms with Crippen LogP contribution in [-0.4, -0.2) is 62.9 Å². The first-order valence-electron chi connectivity index (χ1n) is 11.5. The van der Waals surface area contributed by atoms with Gasteiger partial charge in [-0.3, -0.25) is 9.89 Å². The van der Waals surface area contributed by atoms with E-state index in [1.807, 2.05) is 7.05 Å². The van der Waals surface area contributed by atoms with E-state index in [-0.39, 0.29) is 29.5 Å². The summed E-state index contributed by atoms with van der Waals surface area (Å²) in [5, 5.41) is 6.99. The van der Waals surface area contributed by atoms with Gasteiger partial charge in [0.05, 0.1) is 13.2 Å². The van der Waals surface area contributed by atoms with Crippen LogP contribution in [0.5, 0.6) is 5.75 Å². The Bertz CT molecular complexity index is 699. The Morgan fingerprint density at radius 3 is 2.68 bits per heavy atom. The van der Waals surface area contributed by atoms with Crippen LogP contribution >= 0.6 is 24.0 Å². The molecule has 2 aliphatic rings. The summed E-state index contributed by atoms with van der Waals surface area (Å²) in [5.74, 6) is 2.28. The van der Waals surface area contributed by atoms with Crippen LogP contribution in [0.4, 0.5) is 0 Å².